The van der Waals surface area contributed by atoms with Crippen LogP contribution in [0.5, 0.6) is 0 Å². The summed E-state index contributed by atoms with van der Waals surface area (Å²) in [7, 11) is 0. The molecule has 1 aliphatic rings. The number of ether oxygens (including phenoxy) is 1. The molecule has 6 heteroatoms. The van der Waals surface area contributed by atoms with Gasteiger partial charge in [-0.25, -0.2) is 0 Å². The lowest BCUT2D eigenvalue weighted by Crippen LogP contribution is -2.35. The first-order valence-electron chi connectivity index (χ1n) is 6.21. The number of ketones is 1. The van der Waals surface area contributed by atoms with Gasteiger partial charge in [0.15, 0.2) is 0 Å². The van der Waals surface area contributed by atoms with Gasteiger partial charge in [0.25, 0.3) is 0 Å². The van der Waals surface area contributed by atoms with Crippen molar-refractivity contribution in [1.82, 2.24) is 5.32 Å². The zero-order valence-corrected chi connectivity index (χ0v) is 10.3. The molecule has 0 saturated heterocycles. The molecule has 0 spiro atoms. The summed E-state index contributed by atoms with van der Waals surface area (Å²) in [5.41, 5.74) is 0. The number of amides is 1. The van der Waals surface area contributed by atoms with Crippen molar-refractivity contribution in [3.05, 3.63) is 0 Å². The van der Waals surface area contributed by atoms with Crippen LogP contribution in [0.2, 0.25) is 0 Å². The number of nitrogens with one attached hydrogen (secondary N) is 1. The molecule has 1 aliphatic carbocycles. The van der Waals surface area contributed by atoms with E-state index in [1.165, 1.54) is 0 Å². The highest BCUT2D eigenvalue weighted by atomic mass is 16.5. The van der Waals surface area contributed by atoms with E-state index < -0.39 is 11.9 Å². The molecule has 0 aromatic heterocycles. The summed E-state index contributed by atoms with van der Waals surface area (Å²) in [5, 5.41) is 11.0. The lowest BCUT2D eigenvalue weighted by molar-refractivity contribution is -0.137. The summed E-state index contributed by atoms with van der Waals surface area (Å²) in [6.07, 6.45) is 2.49. The van der Waals surface area contributed by atoms with Crippen molar-refractivity contribution in [2.75, 3.05) is 19.8 Å². The lowest BCUT2D eigenvalue weighted by atomic mass is 10.1. The van der Waals surface area contributed by atoms with E-state index in [9.17, 15) is 14.4 Å². The van der Waals surface area contributed by atoms with E-state index in [1.54, 1.807) is 0 Å². The van der Waals surface area contributed by atoms with Gasteiger partial charge in [-0.15, -0.1) is 0 Å². The molecule has 2 N–H and O–H groups in total. The molecular weight excluding hydrogens is 238 g/mol. The highest BCUT2D eigenvalue weighted by Crippen LogP contribution is 2.20. The van der Waals surface area contributed by atoms with Gasteiger partial charge in [-0.05, 0) is 19.3 Å². The fourth-order valence-electron chi connectivity index (χ4n) is 1.89. The second-order valence-electron chi connectivity index (χ2n) is 4.31. The van der Waals surface area contributed by atoms with Crippen LogP contribution in [-0.2, 0) is 19.1 Å². The summed E-state index contributed by atoms with van der Waals surface area (Å²) in [4.78, 5) is 33.1. The third-order valence-electron chi connectivity index (χ3n) is 2.85. The molecule has 1 saturated carbocycles. The van der Waals surface area contributed by atoms with Crippen molar-refractivity contribution in [2.24, 2.45) is 5.92 Å². The summed E-state index contributed by atoms with van der Waals surface area (Å²) < 4.78 is 5.16. The van der Waals surface area contributed by atoms with Crippen LogP contribution in [0.4, 0.5) is 0 Å². The zero-order chi connectivity index (χ0) is 13.4. The first-order chi connectivity index (χ1) is 8.61. The van der Waals surface area contributed by atoms with Crippen molar-refractivity contribution in [2.45, 2.75) is 32.1 Å². The molecule has 0 aromatic rings. The van der Waals surface area contributed by atoms with E-state index in [-0.39, 0.29) is 18.1 Å². The van der Waals surface area contributed by atoms with Crippen molar-refractivity contribution >= 4 is 17.7 Å². The summed E-state index contributed by atoms with van der Waals surface area (Å²) in [6.45, 7) is 1.06. The smallest absolute Gasteiger partial charge is 0.303 e. The molecule has 1 amide bonds. The van der Waals surface area contributed by atoms with E-state index in [0.717, 1.165) is 6.42 Å². The minimum atomic E-state index is -0.841. The molecule has 0 unspecified atom stereocenters. The molecule has 0 radical (unpaired) electrons. The number of carbonyl (C=O) groups is 3. The molecule has 0 aromatic carbocycles. The Labute approximate surface area is 106 Å². The molecule has 0 heterocycles. The number of Topliss-reactive ketones (excluding diaryl/α,β-unsaturated/α-hetero) is 1. The third-order valence-corrected chi connectivity index (χ3v) is 2.85. The van der Waals surface area contributed by atoms with Crippen LogP contribution in [-0.4, -0.2) is 42.5 Å². The maximum Gasteiger partial charge on any atom is 0.303 e. The van der Waals surface area contributed by atoms with Gasteiger partial charge in [0.05, 0.1) is 12.5 Å². The minimum Gasteiger partial charge on any atom is -0.481 e. The number of carbonyl (C=O) groups excluding carboxylic acids is 2. The van der Waals surface area contributed by atoms with E-state index in [2.05, 4.69) is 5.32 Å². The second-order valence-corrected chi connectivity index (χ2v) is 4.31. The van der Waals surface area contributed by atoms with Gasteiger partial charge in [0.1, 0.15) is 5.78 Å². The molecule has 102 valence electrons. The number of hydrogen-bond donors (Lipinski definition) is 2. The summed E-state index contributed by atoms with van der Waals surface area (Å²) in [6, 6.07) is 0. The lowest BCUT2D eigenvalue weighted by Gasteiger charge is -2.09. The Bertz CT molecular complexity index is 316. The number of hydrogen-bond acceptors (Lipinski definition) is 4. The van der Waals surface area contributed by atoms with Crippen LogP contribution in [0.1, 0.15) is 32.1 Å². The van der Waals surface area contributed by atoms with E-state index in [0.29, 0.717) is 39.0 Å². The van der Waals surface area contributed by atoms with Crippen molar-refractivity contribution in [3.8, 4) is 0 Å². The maximum absolute atomic E-state index is 11.6. The average molecular weight is 257 g/mol. The van der Waals surface area contributed by atoms with Crippen molar-refractivity contribution in [1.29, 1.82) is 0 Å². The Morgan fingerprint density at radius 1 is 1.39 bits per heavy atom. The van der Waals surface area contributed by atoms with Gasteiger partial charge in [0.2, 0.25) is 5.91 Å². The van der Waals surface area contributed by atoms with Crippen molar-refractivity contribution in [3.63, 3.8) is 0 Å². The standard InChI is InChI=1S/C12H19NO5/c14-10-4-1-3-9(10)12(17)13-6-8-18-7-2-5-11(15)16/h9H,1-8H2,(H,13,17)(H,15,16)/t9-/m1/s1. The van der Waals surface area contributed by atoms with E-state index >= 15 is 0 Å². The highest BCUT2D eigenvalue weighted by Gasteiger charge is 2.30. The van der Waals surface area contributed by atoms with Crippen LogP contribution in [0.15, 0.2) is 0 Å². The number of rotatable bonds is 8. The van der Waals surface area contributed by atoms with Gasteiger partial charge >= 0.3 is 5.97 Å². The maximum atomic E-state index is 11.6. The normalized spacial score (nSPS) is 18.9. The molecule has 1 fully saturated rings. The third kappa shape index (κ3) is 5.27. The zero-order valence-electron chi connectivity index (χ0n) is 10.3. The SMILES string of the molecule is O=C(O)CCCOCCNC(=O)[C@@H]1CCCC1=O. The topological polar surface area (TPSA) is 92.7 Å². The molecule has 1 rings (SSSR count). The van der Waals surface area contributed by atoms with Crippen LogP contribution in [0.25, 0.3) is 0 Å². The average Bonchev–Trinajstić information content (AvgIpc) is 2.73. The number of carboxylic acid groups (broad SMARTS) is 1. The summed E-state index contributed by atoms with van der Waals surface area (Å²) >= 11 is 0. The first kappa shape index (κ1) is 14.6. The Morgan fingerprint density at radius 2 is 2.17 bits per heavy atom. The van der Waals surface area contributed by atoms with Gasteiger partial charge in [-0.3, -0.25) is 14.4 Å². The molecular formula is C12H19NO5. The number of aliphatic carboxylic acids is 1. The van der Waals surface area contributed by atoms with E-state index in [4.69, 9.17) is 9.84 Å². The van der Waals surface area contributed by atoms with Gasteiger partial charge in [-0.2, -0.15) is 0 Å². The molecule has 1 atom stereocenters. The molecule has 18 heavy (non-hydrogen) atoms. The fraction of sp³-hybridized carbons (Fsp3) is 0.750. The van der Waals surface area contributed by atoms with Gasteiger partial charge in [0, 0.05) is 26.0 Å². The fourth-order valence-corrected chi connectivity index (χ4v) is 1.89. The number of carboxylic acids is 1. The predicted octanol–water partition coefficient (Wildman–Crippen LogP) is 0.353. The van der Waals surface area contributed by atoms with Crippen LogP contribution >= 0.6 is 0 Å². The minimum absolute atomic E-state index is 0.0230. The second kappa shape index (κ2) is 7.81. The Morgan fingerprint density at radius 3 is 2.78 bits per heavy atom. The van der Waals surface area contributed by atoms with Crippen LogP contribution in [0, 0.1) is 5.92 Å². The molecule has 0 bridgehead atoms. The Kier molecular flexibility index (Phi) is 6.35. The van der Waals surface area contributed by atoms with Gasteiger partial charge < -0.3 is 15.2 Å². The largest absolute Gasteiger partial charge is 0.481 e. The van der Waals surface area contributed by atoms with Crippen LogP contribution in [0.3, 0.4) is 0 Å². The summed E-state index contributed by atoms with van der Waals surface area (Å²) in [5.74, 6) is -1.51. The predicted molar refractivity (Wildman–Crippen MR) is 63.0 cm³/mol. The Balaban J connectivity index is 1.99. The Hall–Kier alpha value is -1.43. The van der Waals surface area contributed by atoms with E-state index in [1.807, 2.05) is 0 Å². The molecule has 6 nitrogen and oxygen atoms in total. The molecule has 0 aliphatic heterocycles. The monoisotopic (exact) mass is 257 g/mol. The quantitative estimate of drug-likeness (QED) is 0.483. The van der Waals surface area contributed by atoms with Gasteiger partial charge in [-0.1, -0.05) is 0 Å². The van der Waals surface area contributed by atoms with Crippen molar-refractivity contribution < 1.29 is 24.2 Å². The first-order valence-corrected chi connectivity index (χ1v) is 6.21. The highest BCUT2D eigenvalue weighted by molar-refractivity contribution is 6.02. The van der Waals surface area contributed by atoms with Crippen LogP contribution < -0.4 is 5.32 Å².